The van der Waals surface area contributed by atoms with Crippen LogP contribution in [-0.4, -0.2) is 72.9 Å². The van der Waals surface area contributed by atoms with Crippen LogP contribution < -0.4 is 0 Å². The van der Waals surface area contributed by atoms with Crippen LogP contribution in [0.1, 0.15) is 66.2 Å². The molecule has 0 saturated heterocycles. The highest BCUT2D eigenvalue weighted by atomic mass is 28.4. The Balaban J connectivity index is 5.25. The van der Waals surface area contributed by atoms with Gasteiger partial charge >= 0.3 is 8.56 Å². The van der Waals surface area contributed by atoms with E-state index in [-0.39, 0.29) is 5.41 Å². The lowest BCUT2D eigenvalue weighted by Gasteiger charge is -2.40. The molecule has 26 heavy (non-hydrogen) atoms. The molecular weight excluding hydrogens is 340 g/mol. The largest absolute Gasteiger partial charge is 0.394 e. The van der Waals surface area contributed by atoms with Gasteiger partial charge < -0.3 is 18.7 Å². The fraction of sp³-hybridized carbons (Fsp3) is 1.00. The third kappa shape index (κ3) is 11.7. The molecule has 0 aromatic heterocycles. The molecule has 0 heterocycles. The van der Waals surface area contributed by atoms with Crippen molar-refractivity contribution in [2.45, 2.75) is 78.3 Å². The van der Waals surface area contributed by atoms with Crippen molar-refractivity contribution in [3.8, 4) is 0 Å². The van der Waals surface area contributed by atoms with E-state index >= 15 is 0 Å². The normalized spacial score (nSPS) is 13.2. The predicted octanol–water partition coefficient (Wildman–Crippen LogP) is 4.99. The van der Waals surface area contributed by atoms with Crippen LogP contribution in [0.3, 0.4) is 0 Å². The van der Waals surface area contributed by atoms with E-state index in [1.54, 1.807) is 0 Å². The molecule has 0 aliphatic carbocycles. The van der Waals surface area contributed by atoms with E-state index < -0.39 is 8.56 Å². The van der Waals surface area contributed by atoms with Gasteiger partial charge in [0.1, 0.15) is 0 Å². The van der Waals surface area contributed by atoms with Crippen molar-refractivity contribution in [2.24, 2.45) is 5.41 Å². The average molecular weight is 389 g/mol. The molecule has 0 aromatic rings. The summed E-state index contributed by atoms with van der Waals surface area (Å²) in [5.74, 6) is 0. The van der Waals surface area contributed by atoms with E-state index in [0.717, 1.165) is 38.4 Å². The highest BCUT2D eigenvalue weighted by Gasteiger charge is 2.43. The molecule has 0 spiro atoms. The summed E-state index contributed by atoms with van der Waals surface area (Å²) in [6.45, 7) is 12.8. The lowest BCUT2D eigenvalue weighted by Crippen LogP contribution is -2.47. The molecule has 0 saturated carbocycles. The minimum absolute atomic E-state index is 0.274. The highest BCUT2D eigenvalue weighted by Crippen LogP contribution is 2.39. The van der Waals surface area contributed by atoms with E-state index in [9.17, 15) is 0 Å². The van der Waals surface area contributed by atoms with Gasteiger partial charge in [-0.3, -0.25) is 0 Å². The zero-order valence-electron chi connectivity index (χ0n) is 19.2. The number of rotatable bonds is 17. The third-order valence-corrected chi connectivity index (χ3v) is 9.38. The SMILES string of the molecule is CCCCCC[Si](CC(C)(CCN(C)C)CCN(C)C)(OCC)OCC. The van der Waals surface area contributed by atoms with Crippen LogP contribution in [0, 0.1) is 5.41 Å². The highest BCUT2D eigenvalue weighted by molar-refractivity contribution is 6.67. The molecular formula is C21H48N2O2Si. The second-order valence-electron chi connectivity index (χ2n) is 8.68. The molecule has 0 radical (unpaired) electrons. The summed E-state index contributed by atoms with van der Waals surface area (Å²) in [6.07, 6.45) is 7.56. The van der Waals surface area contributed by atoms with Crippen molar-refractivity contribution in [1.29, 1.82) is 0 Å². The maximum atomic E-state index is 6.45. The summed E-state index contributed by atoms with van der Waals surface area (Å²) >= 11 is 0. The van der Waals surface area contributed by atoms with E-state index in [2.05, 4.69) is 65.7 Å². The van der Waals surface area contributed by atoms with Crippen LogP contribution in [0.5, 0.6) is 0 Å². The fourth-order valence-electron chi connectivity index (χ4n) is 3.66. The van der Waals surface area contributed by atoms with Gasteiger partial charge in [0.25, 0.3) is 0 Å². The molecule has 0 N–H and O–H groups in total. The zero-order chi connectivity index (χ0) is 20.1. The lowest BCUT2D eigenvalue weighted by molar-refractivity contribution is 0.149. The maximum absolute atomic E-state index is 6.45. The van der Waals surface area contributed by atoms with Gasteiger partial charge in [0.15, 0.2) is 0 Å². The Hall–Kier alpha value is 0.0569. The zero-order valence-corrected chi connectivity index (χ0v) is 20.2. The van der Waals surface area contributed by atoms with E-state index in [1.165, 1.54) is 38.5 Å². The predicted molar refractivity (Wildman–Crippen MR) is 117 cm³/mol. The summed E-state index contributed by atoms with van der Waals surface area (Å²) < 4.78 is 12.9. The van der Waals surface area contributed by atoms with Crippen molar-refractivity contribution >= 4 is 8.56 Å². The topological polar surface area (TPSA) is 24.9 Å². The first-order chi connectivity index (χ1) is 12.2. The number of hydrogen-bond acceptors (Lipinski definition) is 4. The minimum atomic E-state index is -2.16. The summed E-state index contributed by atoms with van der Waals surface area (Å²) in [4.78, 5) is 4.61. The van der Waals surface area contributed by atoms with E-state index in [4.69, 9.17) is 8.85 Å². The van der Waals surface area contributed by atoms with Crippen LogP contribution in [0.2, 0.25) is 12.1 Å². The van der Waals surface area contributed by atoms with Gasteiger partial charge in [0, 0.05) is 13.2 Å². The van der Waals surface area contributed by atoms with Crippen LogP contribution in [0.15, 0.2) is 0 Å². The summed E-state index contributed by atoms with van der Waals surface area (Å²) in [6, 6.07) is 2.27. The molecule has 0 unspecified atom stereocenters. The second-order valence-corrected chi connectivity index (χ2v) is 11.9. The molecule has 0 rings (SSSR count). The van der Waals surface area contributed by atoms with Gasteiger partial charge in [-0.05, 0) is 85.5 Å². The van der Waals surface area contributed by atoms with Gasteiger partial charge in [-0.25, -0.2) is 0 Å². The molecule has 0 aliphatic heterocycles. The monoisotopic (exact) mass is 388 g/mol. The first kappa shape index (κ1) is 26.1. The molecule has 158 valence electrons. The summed E-state index contributed by atoms with van der Waals surface area (Å²) in [7, 11) is 6.53. The molecule has 0 amide bonds. The van der Waals surface area contributed by atoms with Crippen molar-refractivity contribution in [3.63, 3.8) is 0 Å². The Morgan fingerprint density at radius 1 is 0.769 bits per heavy atom. The average Bonchev–Trinajstić information content (AvgIpc) is 2.56. The van der Waals surface area contributed by atoms with Crippen molar-refractivity contribution in [3.05, 3.63) is 0 Å². The van der Waals surface area contributed by atoms with Crippen LogP contribution in [0.4, 0.5) is 0 Å². The Morgan fingerprint density at radius 3 is 1.65 bits per heavy atom. The smallest absolute Gasteiger partial charge is 0.338 e. The Labute approximate surface area is 165 Å². The van der Waals surface area contributed by atoms with E-state index in [0.29, 0.717) is 0 Å². The van der Waals surface area contributed by atoms with Crippen LogP contribution in [0.25, 0.3) is 0 Å². The number of hydrogen-bond donors (Lipinski definition) is 0. The molecule has 0 bridgehead atoms. The van der Waals surface area contributed by atoms with Gasteiger partial charge in [0.2, 0.25) is 0 Å². The Bertz CT molecular complexity index is 320. The van der Waals surface area contributed by atoms with Crippen molar-refractivity contribution in [2.75, 3.05) is 54.5 Å². The van der Waals surface area contributed by atoms with Gasteiger partial charge in [-0.2, -0.15) is 0 Å². The Morgan fingerprint density at radius 2 is 1.27 bits per heavy atom. The van der Waals surface area contributed by atoms with Crippen LogP contribution >= 0.6 is 0 Å². The molecule has 0 aliphatic rings. The first-order valence-electron chi connectivity index (χ1n) is 10.8. The quantitative estimate of drug-likeness (QED) is 0.259. The van der Waals surface area contributed by atoms with Gasteiger partial charge in [0.05, 0.1) is 0 Å². The molecule has 0 fully saturated rings. The Kier molecular flexibility index (Phi) is 14.1. The minimum Gasteiger partial charge on any atom is -0.394 e. The van der Waals surface area contributed by atoms with Crippen molar-refractivity contribution in [1.82, 2.24) is 9.80 Å². The molecule has 4 nitrogen and oxygen atoms in total. The fourth-order valence-corrected chi connectivity index (χ4v) is 7.91. The molecule has 5 heteroatoms. The second kappa shape index (κ2) is 14.1. The maximum Gasteiger partial charge on any atom is 0.338 e. The van der Waals surface area contributed by atoms with Gasteiger partial charge in [-0.1, -0.05) is 39.5 Å². The number of unbranched alkanes of at least 4 members (excludes halogenated alkanes) is 3. The van der Waals surface area contributed by atoms with Crippen LogP contribution in [-0.2, 0) is 8.85 Å². The third-order valence-electron chi connectivity index (χ3n) is 5.25. The number of nitrogens with zero attached hydrogens (tertiary/aromatic N) is 2. The lowest BCUT2D eigenvalue weighted by atomic mass is 9.85. The first-order valence-corrected chi connectivity index (χ1v) is 13.0. The molecule has 0 atom stereocenters. The van der Waals surface area contributed by atoms with Crippen molar-refractivity contribution < 1.29 is 8.85 Å². The van der Waals surface area contributed by atoms with Gasteiger partial charge in [-0.15, -0.1) is 0 Å². The summed E-state index contributed by atoms with van der Waals surface area (Å²) in [5, 5.41) is 0. The van der Waals surface area contributed by atoms with E-state index in [1.807, 2.05) is 0 Å². The molecule has 0 aromatic carbocycles. The standard InChI is InChI=1S/C21H48N2O2Si/c1-9-12-13-14-19-26(24-10-2,25-11-3)20-21(4,15-17-22(5)6)16-18-23(7)8/h9-20H2,1-8H3. The summed E-state index contributed by atoms with van der Waals surface area (Å²) in [5.41, 5.74) is 0.274.